The van der Waals surface area contributed by atoms with Crippen LogP contribution in [0.1, 0.15) is 19.4 Å². The van der Waals surface area contributed by atoms with Gasteiger partial charge >= 0.3 is 0 Å². The molecular weight excluding hydrogens is 376 g/mol. The third-order valence-electron chi connectivity index (χ3n) is 4.30. The van der Waals surface area contributed by atoms with Gasteiger partial charge in [-0.2, -0.15) is 5.10 Å². The molecule has 0 saturated heterocycles. The number of hydrogen-bond acceptors (Lipinski definition) is 5. The summed E-state index contributed by atoms with van der Waals surface area (Å²) in [6.07, 6.45) is 0. The van der Waals surface area contributed by atoms with Gasteiger partial charge in [-0.15, -0.1) is 22.7 Å². The van der Waals surface area contributed by atoms with E-state index >= 15 is 0 Å². The van der Waals surface area contributed by atoms with Crippen LogP contribution in [0.5, 0.6) is 0 Å². The van der Waals surface area contributed by atoms with E-state index in [0.717, 1.165) is 26.6 Å². The van der Waals surface area contributed by atoms with Gasteiger partial charge in [-0.05, 0) is 23.4 Å². The second-order valence-electron chi connectivity index (χ2n) is 6.69. The lowest BCUT2D eigenvalue weighted by Gasteiger charge is -2.18. The minimum Gasteiger partial charge on any atom is -0.306 e. The van der Waals surface area contributed by atoms with Crippen LogP contribution in [0.4, 0.5) is 5.69 Å². The fourth-order valence-corrected chi connectivity index (χ4v) is 4.74. The molecular formula is C20H20N4OS2. The van der Waals surface area contributed by atoms with Gasteiger partial charge in [0.05, 0.1) is 16.3 Å². The maximum atomic E-state index is 13.2. The minimum atomic E-state index is -0.0530. The van der Waals surface area contributed by atoms with E-state index < -0.39 is 0 Å². The lowest BCUT2D eigenvalue weighted by Crippen LogP contribution is -2.33. The van der Waals surface area contributed by atoms with Crippen LogP contribution in [0.15, 0.2) is 57.3 Å². The van der Waals surface area contributed by atoms with E-state index in [4.69, 9.17) is 5.10 Å². The number of nitrogens with zero attached hydrogens (tertiary/aromatic N) is 4. The van der Waals surface area contributed by atoms with Crippen molar-refractivity contribution in [1.29, 1.82) is 0 Å². The van der Waals surface area contributed by atoms with E-state index in [1.54, 1.807) is 23.1 Å². The summed E-state index contributed by atoms with van der Waals surface area (Å²) < 4.78 is 1.79. The Labute approximate surface area is 165 Å². The van der Waals surface area contributed by atoms with Crippen LogP contribution in [0.25, 0.3) is 10.6 Å². The summed E-state index contributed by atoms with van der Waals surface area (Å²) in [5, 5.41) is 8.86. The van der Waals surface area contributed by atoms with Crippen molar-refractivity contribution in [3.63, 3.8) is 0 Å². The van der Waals surface area contributed by atoms with Crippen molar-refractivity contribution in [3.05, 3.63) is 57.5 Å². The first-order valence-corrected chi connectivity index (χ1v) is 10.5. The molecule has 4 rings (SSSR count). The van der Waals surface area contributed by atoms with Gasteiger partial charge in [0.15, 0.2) is 5.71 Å². The Morgan fingerprint density at radius 1 is 1.11 bits per heavy atom. The number of anilines is 1. The molecule has 0 saturated carbocycles. The van der Waals surface area contributed by atoms with Gasteiger partial charge in [0.25, 0.3) is 5.91 Å². The van der Waals surface area contributed by atoms with Gasteiger partial charge in [0, 0.05) is 24.5 Å². The zero-order valence-corrected chi connectivity index (χ0v) is 17.0. The Balaban J connectivity index is 1.88. The van der Waals surface area contributed by atoms with E-state index in [9.17, 15) is 4.79 Å². The molecule has 3 heterocycles. The maximum absolute atomic E-state index is 13.2. The fraction of sp³-hybridized carbons (Fsp3) is 0.250. The molecule has 0 aliphatic carbocycles. The monoisotopic (exact) mass is 396 g/mol. The SMILES string of the molecule is CN=c1scc(-c2cccs2)n1N=C1C(=O)N(CC(C)C)c2ccccc21. The first kappa shape index (κ1) is 17.9. The summed E-state index contributed by atoms with van der Waals surface area (Å²) in [6, 6.07) is 11.9. The molecule has 0 spiro atoms. The second-order valence-corrected chi connectivity index (χ2v) is 8.48. The van der Waals surface area contributed by atoms with Gasteiger partial charge in [-0.3, -0.25) is 9.79 Å². The van der Waals surface area contributed by atoms with Crippen LogP contribution in [-0.2, 0) is 4.79 Å². The third-order valence-corrected chi connectivity index (χ3v) is 6.10. The Morgan fingerprint density at radius 2 is 1.93 bits per heavy atom. The zero-order valence-electron chi connectivity index (χ0n) is 15.4. The predicted molar refractivity (Wildman–Crippen MR) is 113 cm³/mol. The average molecular weight is 397 g/mol. The third kappa shape index (κ3) is 3.17. The fourth-order valence-electron chi connectivity index (χ4n) is 3.15. The number of para-hydroxylation sites is 1. The van der Waals surface area contributed by atoms with Gasteiger partial charge < -0.3 is 4.90 Å². The van der Waals surface area contributed by atoms with Crippen LogP contribution in [0, 0.1) is 5.92 Å². The average Bonchev–Trinajstić information content (AvgIpc) is 3.37. The number of carbonyl (C=O) groups is 1. The van der Waals surface area contributed by atoms with Gasteiger partial charge in [-0.25, -0.2) is 4.68 Å². The summed E-state index contributed by atoms with van der Waals surface area (Å²) in [6.45, 7) is 4.90. The van der Waals surface area contributed by atoms with Crippen molar-refractivity contribution >= 4 is 40.0 Å². The number of amides is 1. The molecule has 1 aromatic carbocycles. The highest BCUT2D eigenvalue weighted by Gasteiger charge is 2.34. The van der Waals surface area contributed by atoms with Crippen LogP contribution < -0.4 is 9.70 Å². The maximum Gasteiger partial charge on any atom is 0.279 e. The number of aromatic nitrogens is 1. The van der Waals surface area contributed by atoms with Gasteiger partial charge in [0.2, 0.25) is 4.80 Å². The van der Waals surface area contributed by atoms with E-state index in [1.165, 1.54) is 11.3 Å². The molecule has 138 valence electrons. The highest BCUT2D eigenvalue weighted by atomic mass is 32.1. The number of carbonyl (C=O) groups excluding carboxylic acids is 1. The second kappa shape index (κ2) is 7.25. The molecule has 0 atom stereocenters. The minimum absolute atomic E-state index is 0.0530. The first-order chi connectivity index (χ1) is 13.1. The molecule has 2 aromatic heterocycles. The first-order valence-electron chi connectivity index (χ1n) is 8.77. The highest BCUT2D eigenvalue weighted by Crippen LogP contribution is 2.31. The van der Waals surface area contributed by atoms with Crippen LogP contribution in [0.3, 0.4) is 0 Å². The zero-order chi connectivity index (χ0) is 19.0. The molecule has 1 aliphatic heterocycles. The number of thiophene rings is 1. The summed E-state index contributed by atoms with van der Waals surface area (Å²) in [7, 11) is 1.75. The molecule has 0 bridgehead atoms. The Bertz CT molecular complexity index is 1070. The summed E-state index contributed by atoms with van der Waals surface area (Å²) >= 11 is 3.17. The lowest BCUT2D eigenvalue weighted by molar-refractivity contribution is -0.112. The van der Waals surface area contributed by atoms with Crippen molar-refractivity contribution < 1.29 is 4.79 Å². The van der Waals surface area contributed by atoms with Crippen molar-refractivity contribution in [1.82, 2.24) is 4.68 Å². The lowest BCUT2D eigenvalue weighted by atomic mass is 10.1. The summed E-state index contributed by atoms with van der Waals surface area (Å²) in [5.41, 5.74) is 3.23. The number of rotatable bonds is 4. The number of hydrogen-bond donors (Lipinski definition) is 0. The molecule has 0 unspecified atom stereocenters. The Kier molecular flexibility index (Phi) is 4.80. The molecule has 1 aliphatic rings. The molecule has 3 aromatic rings. The smallest absolute Gasteiger partial charge is 0.279 e. The largest absolute Gasteiger partial charge is 0.306 e. The molecule has 7 heteroatoms. The number of thiazole rings is 1. The summed E-state index contributed by atoms with van der Waals surface area (Å²) in [4.78, 5) is 21.2. The van der Waals surface area contributed by atoms with Crippen LogP contribution >= 0.6 is 22.7 Å². The molecule has 0 fully saturated rings. The van der Waals surface area contributed by atoms with E-state index in [1.807, 2.05) is 46.0 Å². The molecule has 1 amide bonds. The van der Waals surface area contributed by atoms with Crippen molar-refractivity contribution in [2.24, 2.45) is 16.0 Å². The number of benzene rings is 1. The van der Waals surface area contributed by atoms with Crippen LogP contribution in [-0.4, -0.2) is 29.9 Å². The van der Waals surface area contributed by atoms with E-state index in [-0.39, 0.29) is 5.91 Å². The summed E-state index contributed by atoms with van der Waals surface area (Å²) in [5.74, 6) is 0.320. The van der Waals surface area contributed by atoms with E-state index in [0.29, 0.717) is 18.2 Å². The quantitative estimate of drug-likeness (QED) is 0.656. The van der Waals surface area contributed by atoms with Crippen molar-refractivity contribution in [2.45, 2.75) is 13.8 Å². The highest BCUT2D eigenvalue weighted by molar-refractivity contribution is 7.14. The standard InChI is InChI=1S/C20H20N4OS2/c1-13(2)11-23-15-8-5-4-7-14(15)18(19(23)25)22-24-16(12-27-20(24)21-3)17-9-6-10-26-17/h4-10,12-13H,11H2,1-3H3. The van der Waals surface area contributed by atoms with Crippen LogP contribution in [0.2, 0.25) is 0 Å². The van der Waals surface area contributed by atoms with Gasteiger partial charge in [-0.1, -0.05) is 38.1 Å². The van der Waals surface area contributed by atoms with E-state index in [2.05, 4.69) is 24.9 Å². The number of fused-ring (bicyclic) bond motifs is 1. The predicted octanol–water partition coefficient (Wildman–Crippen LogP) is 4.06. The normalized spacial score (nSPS) is 16.0. The Morgan fingerprint density at radius 3 is 2.63 bits per heavy atom. The Hall–Kier alpha value is -2.51. The molecule has 5 nitrogen and oxygen atoms in total. The van der Waals surface area contributed by atoms with Crippen molar-refractivity contribution in [3.8, 4) is 10.6 Å². The van der Waals surface area contributed by atoms with Gasteiger partial charge in [0.1, 0.15) is 0 Å². The van der Waals surface area contributed by atoms with Crippen molar-refractivity contribution in [2.75, 3.05) is 18.5 Å². The molecule has 27 heavy (non-hydrogen) atoms. The molecule has 0 N–H and O–H groups in total. The topological polar surface area (TPSA) is 50.0 Å². The molecule has 0 radical (unpaired) electrons.